The summed E-state index contributed by atoms with van der Waals surface area (Å²) in [6.45, 7) is 4.41. The summed E-state index contributed by atoms with van der Waals surface area (Å²) >= 11 is 1.32. The molecule has 3 N–H and O–H groups in total. The highest BCUT2D eigenvalue weighted by Gasteiger charge is 2.16. The van der Waals surface area contributed by atoms with Gasteiger partial charge in [0.15, 0.2) is 0 Å². The zero-order valence-electron chi connectivity index (χ0n) is 12.2. The van der Waals surface area contributed by atoms with E-state index >= 15 is 0 Å². The maximum atomic E-state index is 11.7. The van der Waals surface area contributed by atoms with Gasteiger partial charge in [-0.3, -0.25) is 10.2 Å². The minimum absolute atomic E-state index is 0.302. The highest BCUT2D eigenvalue weighted by Crippen LogP contribution is 2.21. The van der Waals surface area contributed by atoms with Crippen molar-refractivity contribution in [2.75, 3.05) is 0 Å². The fraction of sp³-hybridized carbons (Fsp3) is 0.333. The Hall–Kier alpha value is -1.92. The monoisotopic (exact) mass is 305 g/mol. The van der Waals surface area contributed by atoms with Crippen molar-refractivity contribution >= 4 is 17.2 Å². The summed E-state index contributed by atoms with van der Waals surface area (Å²) in [7, 11) is 0. The molecule has 0 fully saturated rings. The molecule has 2 aromatic rings. The van der Waals surface area contributed by atoms with Crippen LogP contribution in [0.25, 0.3) is 0 Å². The van der Waals surface area contributed by atoms with Crippen LogP contribution in [0.15, 0.2) is 24.3 Å². The van der Waals surface area contributed by atoms with Crippen molar-refractivity contribution in [1.82, 2.24) is 10.4 Å². The molecule has 0 radical (unpaired) electrons. The molecular weight excluding hydrogens is 286 g/mol. The van der Waals surface area contributed by atoms with Crippen LogP contribution in [0.3, 0.4) is 0 Å². The molecule has 0 saturated carbocycles. The second-order valence-corrected chi connectivity index (χ2v) is 5.58. The Balaban J connectivity index is 2.09. The number of nitrogens with zero attached hydrogens (tertiary/aromatic N) is 1. The highest BCUT2D eigenvalue weighted by molar-refractivity contribution is 7.13. The van der Waals surface area contributed by atoms with Crippen molar-refractivity contribution in [3.63, 3.8) is 0 Å². The molecule has 0 saturated heterocycles. The topological polar surface area (TPSA) is 77.2 Å². The van der Waals surface area contributed by atoms with E-state index < -0.39 is 0 Å². The summed E-state index contributed by atoms with van der Waals surface area (Å²) in [4.78, 5) is 16.6. The predicted molar refractivity (Wildman–Crippen MR) is 83.3 cm³/mol. The van der Waals surface area contributed by atoms with Crippen LogP contribution in [0, 0.1) is 0 Å². The molecule has 1 aromatic heterocycles. The van der Waals surface area contributed by atoms with Crippen molar-refractivity contribution in [1.29, 1.82) is 0 Å². The van der Waals surface area contributed by atoms with Gasteiger partial charge < -0.3 is 4.74 Å². The van der Waals surface area contributed by atoms with Crippen molar-refractivity contribution in [3.05, 3.63) is 45.4 Å². The third-order valence-corrected chi connectivity index (χ3v) is 4.15. The van der Waals surface area contributed by atoms with Gasteiger partial charge in [0.05, 0.1) is 5.69 Å². The first-order valence-corrected chi connectivity index (χ1v) is 7.70. The van der Waals surface area contributed by atoms with E-state index in [9.17, 15) is 4.79 Å². The van der Waals surface area contributed by atoms with Crippen LogP contribution < -0.4 is 16.0 Å². The predicted octanol–water partition coefficient (Wildman–Crippen LogP) is 2.45. The molecule has 1 aromatic carbocycles. The average molecular weight is 305 g/mol. The minimum atomic E-state index is -0.302. The lowest BCUT2D eigenvalue weighted by atomic mass is 10.2. The summed E-state index contributed by atoms with van der Waals surface area (Å²) in [6.07, 6.45) is 1.65. The van der Waals surface area contributed by atoms with Crippen LogP contribution in [0.1, 0.15) is 39.8 Å². The molecule has 2 rings (SSSR count). The molecule has 0 bridgehead atoms. The van der Waals surface area contributed by atoms with Crippen LogP contribution in [-0.4, -0.2) is 10.9 Å². The molecule has 0 aliphatic rings. The van der Waals surface area contributed by atoms with Crippen molar-refractivity contribution in [2.24, 2.45) is 5.84 Å². The molecule has 0 aliphatic heterocycles. The van der Waals surface area contributed by atoms with Gasteiger partial charge in [0.25, 0.3) is 5.91 Å². The summed E-state index contributed by atoms with van der Waals surface area (Å²) in [5.74, 6) is 5.69. The van der Waals surface area contributed by atoms with Gasteiger partial charge in [-0.25, -0.2) is 10.8 Å². The number of hydrazine groups is 1. The Morgan fingerprint density at radius 2 is 2.19 bits per heavy atom. The van der Waals surface area contributed by atoms with Gasteiger partial charge in [-0.1, -0.05) is 26.0 Å². The number of amides is 1. The van der Waals surface area contributed by atoms with Gasteiger partial charge in [-0.15, -0.1) is 11.3 Å². The highest BCUT2D eigenvalue weighted by atomic mass is 32.1. The molecule has 5 nitrogen and oxygen atoms in total. The fourth-order valence-corrected chi connectivity index (χ4v) is 2.91. The number of aryl methyl sites for hydroxylation is 2. The molecule has 0 atom stereocenters. The lowest BCUT2D eigenvalue weighted by molar-refractivity contribution is 0.0956. The molecule has 6 heteroatoms. The maximum absolute atomic E-state index is 11.7. The quantitative estimate of drug-likeness (QED) is 0.488. The number of nitrogen functional groups attached to an aromatic ring is 1. The third-order valence-electron chi connectivity index (χ3n) is 3.08. The number of nitrogens with one attached hydrogen (secondary N) is 1. The van der Waals surface area contributed by atoms with Gasteiger partial charge in [0.2, 0.25) is 0 Å². The van der Waals surface area contributed by atoms with E-state index in [0.29, 0.717) is 17.9 Å². The van der Waals surface area contributed by atoms with Crippen LogP contribution >= 0.6 is 11.3 Å². The molecule has 0 spiro atoms. The Morgan fingerprint density at radius 3 is 2.86 bits per heavy atom. The Kier molecular flexibility index (Phi) is 5.30. The summed E-state index contributed by atoms with van der Waals surface area (Å²) < 4.78 is 5.75. The number of hydrogen-bond acceptors (Lipinski definition) is 5. The number of carbonyl (C=O) groups excluding carboxylic acids is 1. The number of hydrogen-bond donors (Lipinski definition) is 2. The summed E-state index contributed by atoms with van der Waals surface area (Å²) in [5.41, 5.74) is 4.13. The first-order valence-electron chi connectivity index (χ1n) is 6.89. The van der Waals surface area contributed by atoms with E-state index in [1.54, 1.807) is 0 Å². The molecule has 0 aliphatic carbocycles. The number of rotatable bonds is 6. The molecule has 1 heterocycles. The van der Waals surface area contributed by atoms with Crippen LogP contribution in [0.5, 0.6) is 5.75 Å². The smallest absolute Gasteiger partial charge is 0.277 e. The van der Waals surface area contributed by atoms with Crippen LogP contribution in [-0.2, 0) is 19.4 Å². The Labute approximate surface area is 128 Å². The number of aromatic nitrogens is 1. The first-order chi connectivity index (χ1) is 10.2. The molecule has 112 valence electrons. The zero-order chi connectivity index (χ0) is 15.2. The zero-order valence-corrected chi connectivity index (χ0v) is 13.0. The van der Waals surface area contributed by atoms with Gasteiger partial charge in [-0.2, -0.15) is 0 Å². The van der Waals surface area contributed by atoms with E-state index in [0.717, 1.165) is 22.9 Å². The number of ether oxygens (including phenoxy) is 1. The second kappa shape index (κ2) is 7.19. The third kappa shape index (κ3) is 3.80. The van der Waals surface area contributed by atoms with E-state index in [1.165, 1.54) is 16.9 Å². The van der Waals surface area contributed by atoms with Crippen molar-refractivity contribution in [3.8, 4) is 5.75 Å². The van der Waals surface area contributed by atoms with E-state index in [4.69, 9.17) is 10.6 Å². The Morgan fingerprint density at radius 1 is 1.38 bits per heavy atom. The largest absolute Gasteiger partial charge is 0.486 e. The van der Waals surface area contributed by atoms with Crippen LogP contribution in [0.4, 0.5) is 0 Å². The number of thiazole rings is 1. The molecule has 21 heavy (non-hydrogen) atoms. The van der Waals surface area contributed by atoms with E-state index in [-0.39, 0.29) is 5.91 Å². The number of benzene rings is 1. The van der Waals surface area contributed by atoms with Crippen molar-refractivity contribution < 1.29 is 9.53 Å². The Bertz CT molecular complexity index is 625. The summed E-state index contributed by atoms with van der Waals surface area (Å²) in [5, 5.41) is 0.771. The second-order valence-electron chi connectivity index (χ2n) is 4.50. The SMILES string of the molecule is CCc1cccc(OCc2nc(CC)c(C(=O)NN)s2)c1. The molecular formula is C15H19N3O2S. The van der Waals surface area contributed by atoms with E-state index in [1.807, 2.05) is 25.1 Å². The number of carbonyl (C=O) groups is 1. The lowest BCUT2D eigenvalue weighted by Crippen LogP contribution is -2.30. The minimum Gasteiger partial charge on any atom is -0.486 e. The normalized spacial score (nSPS) is 10.4. The summed E-state index contributed by atoms with van der Waals surface area (Å²) in [6, 6.07) is 7.97. The average Bonchev–Trinajstić information content (AvgIpc) is 2.95. The first kappa shape index (κ1) is 15.5. The number of nitrogens with two attached hydrogens (primary N) is 1. The maximum Gasteiger partial charge on any atom is 0.277 e. The molecule has 0 unspecified atom stereocenters. The fourth-order valence-electron chi connectivity index (χ4n) is 1.95. The van der Waals surface area contributed by atoms with Gasteiger partial charge in [-0.05, 0) is 30.5 Å². The van der Waals surface area contributed by atoms with Gasteiger partial charge in [0, 0.05) is 0 Å². The standard InChI is InChI=1S/C15H19N3O2S/c1-3-10-6-5-7-11(8-10)20-9-13-17-12(4-2)14(21-13)15(19)18-16/h5-8H,3-4,9,16H2,1-2H3,(H,18,19). The van der Waals surface area contributed by atoms with Gasteiger partial charge in [0.1, 0.15) is 22.2 Å². The van der Waals surface area contributed by atoms with E-state index in [2.05, 4.69) is 23.4 Å². The lowest BCUT2D eigenvalue weighted by Gasteiger charge is -2.05. The van der Waals surface area contributed by atoms with Crippen LogP contribution in [0.2, 0.25) is 0 Å². The van der Waals surface area contributed by atoms with Crippen molar-refractivity contribution in [2.45, 2.75) is 33.3 Å². The molecule has 1 amide bonds. The van der Waals surface area contributed by atoms with Gasteiger partial charge >= 0.3 is 0 Å².